The molecule has 0 radical (unpaired) electrons. The number of benzene rings is 1. The van der Waals surface area contributed by atoms with Crippen LogP contribution in [0.1, 0.15) is 72.1 Å². The van der Waals surface area contributed by atoms with Gasteiger partial charge < -0.3 is 10.1 Å². The van der Waals surface area contributed by atoms with Gasteiger partial charge in [0.1, 0.15) is 11.1 Å². The fourth-order valence-corrected chi connectivity index (χ4v) is 4.98. The number of hydrogen-bond donors (Lipinski definition) is 1. The molecule has 7 nitrogen and oxygen atoms in total. The van der Waals surface area contributed by atoms with Crippen LogP contribution in [0.15, 0.2) is 24.3 Å². The molecular formula is C21H24N2O5. The largest absolute Gasteiger partial charge is 0.467 e. The van der Waals surface area contributed by atoms with Crippen molar-refractivity contribution in [3.05, 3.63) is 35.4 Å². The SMILES string of the molecule is COC(=O)C1(NC(=O)C2(N3C(=O)c4ccccc4C3=O)CCCC2)CCCC1. The second-order valence-corrected chi connectivity index (χ2v) is 7.96. The number of nitrogens with one attached hydrogen (secondary N) is 1. The minimum absolute atomic E-state index is 0.329. The van der Waals surface area contributed by atoms with E-state index >= 15 is 0 Å². The van der Waals surface area contributed by atoms with Crippen LogP contribution in [-0.2, 0) is 14.3 Å². The van der Waals surface area contributed by atoms with Gasteiger partial charge in [-0.1, -0.05) is 37.8 Å². The lowest BCUT2D eigenvalue weighted by molar-refractivity contribution is -0.152. The van der Waals surface area contributed by atoms with E-state index in [1.165, 1.54) is 7.11 Å². The van der Waals surface area contributed by atoms with Crippen LogP contribution in [0.2, 0.25) is 0 Å². The van der Waals surface area contributed by atoms with Crippen molar-refractivity contribution in [1.29, 1.82) is 0 Å². The van der Waals surface area contributed by atoms with Gasteiger partial charge in [-0.3, -0.25) is 19.3 Å². The first-order valence-electron chi connectivity index (χ1n) is 9.84. The van der Waals surface area contributed by atoms with E-state index in [0.29, 0.717) is 36.8 Å². The van der Waals surface area contributed by atoms with Crippen LogP contribution in [0.3, 0.4) is 0 Å². The van der Waals surface area contributed by atoms with Gasteiger partial charge in [0.2, 0.25) is 5.91 Å². The Kier molecular flexibility index (Phi) is 4.48. The summed E-state index contributed by atoms with van der Waals surface area (Å²) >= 11 is 0. The lowest BCUT2D eigenvalue weighted by Crippen LogP contribution is -2.64. The third-order valence-corrected chi connectivity index (χ3v) is 6.46. The molecule has 2 fully saturated rings. The zero-order valence-electron chi connectivity index (χ0n) is 16.0. The predicted molar refractivity (Wildman–Crippen MR) is 99.5 cm³/mol. The van der Waals surface area contributed by atoms with Gasteiger partial charge in [-0.25, -0.2) is 4.79 Å². The molecule has 1 heterocycles. The monoisotopic (exact) mass is 384 g/mol. The van der Waals surface area contributed by atoms with Crippen LogP contribution < -0.4 is 5.32 Å². The second-order valence-electron chi connectivity index (χ2n) is 7.96. The molecule has 2 saturated carbocycles. The standard InChI is InChI=1S/C21H24N2O5/c1-28-19(27)20(10-4-5-11-20)22-18(26)21(12-6-7-13-21)23-16(24)14-8-2-3-9-15(14)17(23)25/h2-3,8-9H,4-7,10-13H2,1H3,(H,22,26). The number of carbonyl (C=O) groups is 4. The van der Waals surface area contributed by atoms with Crippen molar-refractivity contribution in [1.82, 2.24) is 10.2 Å². The van der Waals surface area contributed by atoms with E-state index in [1.54, 1.807) is 24.3 Å². The molecular weight excluding hydrogens is 360 g/mol. The van der Waals surface area contributed by atoms with Gasteiger partial charge in [0.05, 0.1) is 18.2 Å². The Morgan fingerprint density at radius 2 is 1.43 bits per heavy atom. The highest BCUT2D eigenvalue weighted by Crippen LogP contribution is 2.42. The molecule has 1 aromatic rings. The van der Waals surface area contributed by atoms with Crippen LogP contribution in [-0.4, -0.2) is 46.8 Å². The summed E-state index contributed by atoms with van der Waals surface area (Å²) in [5, 5.41) is 2.91. The molecule has 2 aliphatic carbocycles. The number of esters is 1. The average Bonchev–Trinajstić information content (AvgIpc) is 3.42. The number of amides is 3. The molecule has 1 aromatic carbocycles. The molecule has 3 aliphatic rings. The lowest BCUT2D eigenvalue weighted by atomic mass is 9.90. The summed E-state index contributed by atoms with van der Waals surface area (Å²) in [6.45, 7) is 0. The number of rotatable bonds is 4. The quantitative estimate of drug-likeness (QED) is 0.635. The number of ether oxygens (including phenoxy) is 1. The van der Waals surface area contributed by atoms with Gasteiger partial charge >= 0.3 is 5.97 Å². The number of nitrogens with zero attached hydrogens (tertiary/aromatic N) is 1. The van der Waals surface area contributed by atoms with Crippen LogP contribution in [0.5, 0.6) is 0 Å². The van der Waals surface area contributed by atoms with Gasteiger partial charge in [-0.05, 0) is 37.8 Å². The number of fused-ring (bicyclic) bond motifs is 1. The molecule has 0 aromatic heterocycles. The van der Waals surface area contributed by atoms with Crippen LogP contribution in [0, 0.1) is 0 Å². The Labute approximate surface area is 163 Å². The molecule has 1 aliphatic heterocycles. The lowest BCUT2D eigenvalue weighted by Gasteiger charge is -2.39. The van der Waals surface area contributed by atoms with E-state index in [1.807, 2.05) is 0 Å². The Morgan fingerprint density at radius 1 is 0.929 bits per heavy atom. The topological polar surface area (TPSA) is 92.8 Å². The minimum atomic E-state index is -1.25. The average molecular weight is 384 g/mol. The second kappa shape index (κ2) is 6.72. The first kappa shape index (κ1) is 18.7. The van der Waals surface area contributed by atoms with E-state index in [9.17, 15) is 19.2 Å². The maximum Gasteiger partial charge on any atom is 0.331 e. The summed E-state index contributed by atoms with van der Waals surface area (Å²) in [4.78, 5) is 53.2. The van der Waals surface area contributed by atoms with Gasteiger partial charge in [0.15, 0.2) is 0 Å². The third-order valence-electron chi connectivity index (χ3n) is 6.46. The maximum atomic E-state index is 13.5. The summed E-state index contributed by atoms with van der Waals surface area (Å²) in [5.74, 6) is -1.76. The van der Waals surface area contributed by atoms with E-state index in [-0.39, 0.29) is 0 Å². The molecule has 7 heteroatoms. The Hall–Kier alpha value is -2.70. The van der Waals surface area contributed by atoms with Crippen LogP contribution in [0.25, 0.3) is 0 Å². The summed E-state index contributed by atoms with van der Waals surface area (Å²) in [7, 11) is 1.31. The molecule has 0 unspecified atom stereocenters. The molecule has 0 spiro atoms. The van der Waals surface area contributed by atoms with Gasteiger partial charge in [-0.2, -0.15) is 0 Å². The Morgan fingerprint density at radius 3 is 1.93 bits per heavy atom. The number of carbonyl (C=O) groups excluding carboxylic acids is 4. The van der Waals surface area contributed by atoms with Crippen LogP contribution in [0.4, 0.5) is 0 Å². The highest BCUT2D eigenvalue weighted by molar-refractivity contribution is 6.23. The fourth-order valence-electron chi connectivity index (χ4n) is 4.98. The molecule has 0 atom stereocenters. The van der Waals surface area contributed by atoms with Crippen LogP contribution >= 0.6 is 0 Å². The zero-order valence-corrected chi connectivity index (χ0v) is 16.0. The van der Waals surface area contributed by atoms with Crippen molar-refractivity contribution < 1.29 is 23.9 Å². The summed E-state index contributed by atoms with van der Waals surface area (Å²) in [6, 6.07) is 6.64. The maximum absolute atomic E-state index is 13.5. The summed E-state index contributed by atoms with van der Waals surface area (Å²) in [6.07, 6.45) is 4.93. The van der Waals surface area contributed by atoms with Gasteiger partial charge in [0.25, 0.3) is 11.8 Å². The molecule has 28 heavy (non-hydrogen) atoms. The summed E-state index contributed by atoms with van der Waals surface area (Å²) in [5.41, 5.74) is -1.66. The Balaban J connectivity index is 1.69. The van der Waals surface area contributed by atoms with E-state index in [4.69, 9.17) is 4.74 Å². The van der Waals surface area contributed by atoms with Crippen molar-refractivity contribution in [2.75, 3.05) is 7.11 Å². The van der Waals surface area contributed by atoms with E-state index < -0.39 is 34.8 Å². The first-order valence-corrected chi connectivity index (χ1v) is 9.84. The highest BCUT2D eigenvalue weighted by Gasteiger charge is 2.57. The van der Waals surface area contributed by atoms with Crippen molar-refractivity contribution in [2.45, 2.75) is 62.4 Å². The highest BCUT2D eigenvalue weighted by atomic mass is 16.5. The fraction of sp³-hybridized carbons (Fsp3) is 0.524. The summed E-state index contributed by atoms with van der Waals surface area (Å²) < 4.78 is 4.95. The smallest absolute Gasteiger partial charge is 0.331 e. The van der Waals surface area contributed by atoms with Crippen molar-refractivity contribution in [3.8, 4) is 0 Å². The molecule has 1 N–H and O–H groups in total. The number of methoxy groups -OCH3 is 1. The number of imide groups is 1. The number of hydrogen-bond acceptors (Lipinski definition) is 5. The molecule has 0 bridgehead atoms. The van der Waals surface area contributed by atoms with Crippen molar-refractivity contribution in [3.63, 3.8) is 0 Å². The van der Waals surface area contributed by atoms with Crippen molar-refractivity contribution in [2.24, 2.45) is 0 Å². The normalized spacial score (nSPS) is 22.2. The first-order chi connectivity index (χ1) is 13.4. The third kappa shape index (κ3) is 2.56. The minimum Gasteiger partial charge on any atom is -0.467 e. The predicted octanol–water partition coefficient (Wildman–Crippen LogP) is 2.20. The molecule has 148 valence electrons. The Bertz CT molecular complexity index is 815. The molecule has 4 rings (SSSR count). The van der Waals surface area contributed by atoms with Gasteiger partial charge in [-0.15, -0.1) is 0 Å². The van der Waals surface area contributed by atoms with E-state index in [2.05, 4.69) is 5.32 Å². The molecule has 0 saturated heterocycles. The van der Waals surface area contributed by atoms with E-state index in [0.717, 1.165) is 30.6 Å². The van der Waals surface area contributed by atoms with Gasteiger partial charge in [0, 0.05) is 0 Å². The molecule has 3 amide bonds. The van der Waals surface area contributed by atoms with Crippen molar-refractivity contribution >= 4 is 23.7 Å². The zero-order chi connectivity index (χ0) is 19.9.